The first-order valence-electron chi connectivity index (χ1n) is 7.19. The Morgan fingerprint density at radius 3 is 2.47 bits per heavy atom. The van der Waals surface area contributed by atoms with Crippen molar-refractivity contribution in [3.8, 4) is 5.75 Å². The minimum Gasteiger partial charge on any atom is -0.493 e. The number of aliphatic hydroxyl groups is 1. The fraction of sp³-hybridized carbons (Fsp3) is 0.647. The van der Waals surface area contributed by atoms with Crippen LogP contribution in [0, 0.1) is 11.3 Å². The zero-order valence-electron chi connectivity index (χ0n) is 12.9. The molecule has 0 aliphatic heterocycles. The number of hydrogen-bond acceptors (Lipinski definition) is 2. The first-order chi connectivity index (χ1) is 8.79. The van der Waals surface area contributed by atoms with E-state index in [9.17, 15) is 5.11 Å². The molecular weight excluding hydrogens is 236 g/mol. The van der Waals surface area contributed by atoms with Crippen LogP contribution in [0.5, 0.6) is 5.75 Å². The average molecular weight is 264 g/mol. The maximum absolute atomic E-state index is 10.1. The molecule has 1 N–H and O–H groups in total. The fourth-order valence-electron chi connectivity index (χ4n) is 1.79. The molecule has 0 heterocycles. The van der Waals surface area contributed by atoms with Crippen LogP contribution < -0.4 is 4.74 Å². The van der Waals surface area contributed by atoms with E-state index in [1.807, 2.05) is 12.1 Å². The van der Waals surface area contributed by atoms with Gasteiger partial charge >= 0.3 is 0 Å². The molecule has 1 aromatic rings. The third-order valence-corrected chi connectivity index (χ3v) is 3.19. The molecule has 0 aromatic heterocycles. The van der Waals surface area contributed by atoms with Gasteiger partial charge in [-0.1, -0.05) is 46.8 Å². The van der Waals surface area contributed by atoms with Gasteiger partial charge < -0.3 is 9.84 Å². The molecule has 0 bridgehead atoms. The van der Waals surface area contributed by atoms with Crippen molar-refractivity contribution in [3.63, 3.8) is 0 Å². The lowest BCUT2D eigenvalue weighted by Gasteiger charge is -2.25. The van der Waals surface area contributed by atoms with Gasteiger partial charge in [0, 0.05) is 0 Å². The van der Waals surface area contributed by atoms with Gasteiger partial charge in [-0.3, -0.25) is 0 Å². The van der Waals surface area contributed by atoms with Crippen molar-refractivity contribution in [2.75, 3.05) is 6.61 Å². The summed E-state index contributed by atoms with van der Waals surface area (Å²) in [6.07, 6.45) is 1.40. The molecule has 1 unspecified atom stereocenters. The Morgan fingerprint density at radius 2 is 1.89 bits per heavy atom. The molecule has 0 radical (unpaired) electrons. The number of rotatable bonds is 6. The minimum absolute atomic E-state index is 0.0498. The van der Waals surface area contributed by atoms with Crippen LogP contribution in [0.15, 0.2) is 24.3 Å². The first kappa shape index (κ1) is 16.0. The van der Waals surface area contributed by atoms with Crippen LogP contribution in [0.3, 0.4) is 0 Å². The molecule has 1 atom stereocenters. The molecule has 0 amide bonds. The van der Waals surface area contributed by atoms with E-state index in [2.05, 4.69) is 46.8 Å². The predicted molar refractivity (Wildman–Crippen MR) is 80.6 cm³/mol. The van der Waals surface area contributed by atoms with Gasteiger partial charge in [0.05, 0.1) is 12.7 Å². The summed E-state index contributed by atoms with van der Waals surface area (Å²) >= 11 is 0. The molecule has 0 fully saturated rings. The van der Waals surface area contributed by atoms with E-state index < -0.39 is 0 Å². The van der Waals surface area contributed by atoms with Crippen LogP contribution >= 0.6 is 0 Å². The highest BCUT2D eigenvalue weighted by molar-refractivity contribution is 5.28. The van der Waals surface area contributed by atoms with Crippen molar-refractivity contribution in [3.05, 3.63) is 29.8 Å². The number of aliphatic hydroxyl groups excluding tert-OH is 1. The zero-order valence-corrected chi connectivity index (χ0v) is 12.9. The van der Waals surface area contributed by atoms with Gasteiger partial charge in [-0.25, -0.2) is 0 Å². The standard InChI is InChI=1S/C17H28O2/c1-13(2)12-19-15-8-6-7-14(11-15)9-10-16(18)17(3,4)5/h6-8,11,13,16,18H,9-10,12H2,1-5H3. The second-order valence-electron chi connectivity index (χ2n) is 6.77. The van der Waals surface area contributed by atoms with Crippen LogP contribution in [0.1, 0.15) is 46.6 Å². The molecule has 0 saturated heterocycles. The van der Waals surface area contributed by atoms with E-state index in [4.69, 9.17) is 4.74 Å². The predicted octanol–water partition coefficient (Wildman–Crippen LogP) is 4.06. The summed E-state index contributed by atoms with van der Waals surface area (Å²) in [6.45, 7) is 11.2. The highest BCUT2D eigenvalue weighted by Crippen LogP contribution is 2.24. The van der Waals surface area contributed by atoms with E-state index in [1.54, 1.807) is 0 Å². The summed E-state index contributed by atoms with van der Waals surface area (Å²) in [6, 6.07) is 8.19. The Kier molecular flexibility index (Phi) is 5.86. The SMILES string of the molecule is CC(C)COc1cccc(CCC(O)C(C)(C)C)c1. The van der Waals surface area contributed by atoms with Crippen molar-refractivity contribution in [1.29, 1.82) is 0 Å². The summed E-state index contributed by atoms with van der Waals surface area (Å²) in [7, 11) is 0. The molecule has 1 rings (SSSR count). The van der Waals surface area contributed by atoms with E-state index in [-0.39, 0.29) is 11.5 Å². The minimum atomic E-state index is -0.271. The molecule has 2 nitrogen and oxygen atoms in total. The second kappa shape index (κ2) is 6.95. The highest BCUT2D eigenvalue weighted by Gasteiger charge is 2.21. The summed E-state index contributed by atoms with van der Waals surface area (Å²) in [5.41, 5.74) is 1.18. The van der Waals surface area contributed by atoms with E-state index in [0.29, 0.717) is 5.92 Å². The molecule has 0 aliphatic carbocycles. The molecule has 1 aromatic carbocycles. The quantitative estimate of drug-likeness (QED) is 0.839. The average Bonchev–Trinajstić information content (AvgIpc) is 2.32. The summed E-state index contributed by atoms with van der Waals surface area (Å²) in [4.78, 5) is 0. The van der Waals surface area contributed by atoms with Crippen LogP contribution in [-0.2, 0) is 6.42 Å². The molecule has 0 saturated carbocycles. The normalized spacial score (nSPS) is 13.6. The number of benzene rings is 1. The first-order valence-corrected chi connectivity index (χ1v) is 7.19. The largest absolute Gasteiger partial charge is 0.493 e. The third kappa shape index (κ3) is 6.11. The lowest BCUT2D eigenvalue weighted by Crippen LogP contribution is -2.26. The van der Waals surface area contributed by atoms with Gasteiger partial charge in [0.15, 0.2) is 0 Å². The molecule has 2 heteroatoms. The second-order valence-corrected chi connectivity index (χ2v) is 6.77. The van der Waals surface area contributed by atoms with E-state index in [0.717, 1.165) is 25.2 Å². The molecular formula is C17H28O2. The maximum atomic E-state index is 10.1. The van der Waals surface area contributed by atoms with Gasteiger partial charge in [0.2, 0.25) is 0 Å². The Hall–Kier alpha value is -1.02. The van der Waals surface area contributed by atoms with E-state index >= 15 is 0 Å². The van der Waals surface area contributed by atoms with Gasteiger partial charge in [0.25, 0.3) is 0 Å². The van der Waals surface area contributed by atoms with Crippen molar-refractivity contribution < 1.29 is 9.84 Å². The lowest BCUT2D eigenvalue weighted by molar-refractivity contribution is 0.0560. The Balaban J connectivity index is 2.53. The molecule has 19 heavy (non-hydrogen) atoms. The summed E-state index contributed by atoms with van der Waals surface area (Å²) in [5, 5.41) is 10.1. The topological polar surface area (TPSA) is 29.5 Å². The number of ether oxygens (including phenoxy) is 1. The lowest BCUT2D eigenvalue weighted by atomic mass is 9.86. The Bertz CT molecular complexity index is 377. The number of aryl methyl sites for hydroxylation is 1. The maximum Gasteiger partial charge on any atom is 0.119 e. The molecule has 108 valence electrons. The Morgan fingerprint density at radius 1 is 1.21 bits per heavy atom. The highest BCUT2D eigenvalue weighted by atomic mass is 16.5. The zero-order chi connectivity index (χ0) is 14.5. The number of hydrogen-bond donors (Lipinski definition) is 1. The molecule has 0 spiro atoms. The van der Waals surface area contributed by atoms with Crippen LogP contribution in [-0.4, -0.2) is 17.8 Å². The van der Waals surface area contributed by atoms with Crippen LogP contribution in [0.2, 0.25) is 0 Å². The van der Waals surface area contributed by atoms with Crippen molar-refractivity contribution in [1.82, 2.24) is 0 Å². The Labute approximate surface area is 117 Å². The van der Waals surface area contributed by atoms with Gasteiger partial charge in [-0.15, -0.1) is 0 Å². The summed E-state index contributed by atoms with van der Waals surface area (Å²) in [5.74, 6) is 1.46. The van der Waals surface area contributed by atoms with Gasteiger partial charge in [-0.05, 0) is 41.9 Å². The van der Waals surface area contributed by atoms with E-state index in [1.165, 1.54) is 5.56 Å². The summed E-state index contributed by atoms with van der Waals surface area (Å²) < 4.78 is 5.72. The van der Waals surface area contributed by atoms with Crippen molar-refractivity contribution in [2.45, 2.75) is 53.6 Å². The monoisotopic (exact) mass is 264 g/mol. The smallest absolute Gasteiger partial charge is 0.119 e. The molecule has 0 aliphatic rings. The van der Waals surface area contributed by atoms with Gasteiger partial charge in [0.1, 0.15) is 5.75 Å². The van der Waals surface area contributed by atoms with Crippen LogP contribution in [0.25, 0.3) is 0 Å². The third-order valence-electron chi connectivity index (χ3n) is 3.19. The van der Waals surface area contributed by atoms with Crippen LogP contribution in [0.4, 0.5) is 0 Å². The van der Waals surface area contributed by atoms with Gasteiger partial charge in [-0.2, -0.15) is 0 Å². The fourth-order valence-corrected chi connectivity index (χ4v) is 1.79. The van der Waals surface area contributed by atoms with Crippen molar-refractivity contribution >= 4 is 0 Å². The van der Waals surface area contributed by atoms with Crippen molar-refractivity contribution in [2.24, 2.45) is 11.3 Å².